The van der Waals surface area contributed by atoms with E-state index in [-0.39, 0.29) is 28.7 Å². The van der Waals surface area contributed by atoms with Crippen molar-refractivity contribution in [3.8, 4) is 11.5 Å². The van der Waals surface area contributed by atoms with Crippen LogP contribution in [0.5, 0.6) is 11.5 Å². The van der Waals surface area contributed by atoms with Gasteiger partial charge in [-0.2, -0.15) is 8.42 Å². The van der Waals surface area contributed by atoms with Crippen molar-refractivity contribution >= 4 is 33.2 Å². The number of anilines is 1. The summed E-state index contributed by atoms with van der Waals surface area (Å²) in [5.41, 5.74) is 3.88. The average molecular weight is 567 g/mol. The Morgan fingerprint density at radius 2 is 1.59 bits per heavy atom. The van der Waals surface area contributed by atoms with Gasteiger partial charge in [-0.25, -0.2) is 4.72 Å². The molecule has 1 heterocycles. The van der Waals surface area contributed by atoms with E-state index in [0.29, 0.717) is 18.7 Å². The number of rotatable bonds is 9. The fourth-order valence-electron chi connectivity index (χ4n) is 5.26. The molecule has 0 spiro atoms. The van der Waals surface area contributed by atoms with Gasteiger partial charge in [0.05, 0.1) is 12.1 Å². The molecule has 0 aromatic heterocycles. The largest absolute Gasteiger partial charge is 0.497 e. The Kier molecular flexibility index (Phi) is 9.18. The summed E-state index contributed by atoms with van der Waals surface area (Å²) in [7, 11) is -2.57. The molecule has 6 nitrogen and oxygen atoms in total. The van der Waals surface area contributed by atoms with Crippen LogP contribution < -0.4 is 18.5 Å². The number of hydrogen-bond donors (Lipinski definition) is 1. The first-order valence-electron chi connectivity index (χ1n) is 13.4. The van der Waals surface area contributed by atoms with Crippen LogP contribution in [0.15, 0.2) is 72.8 Å². The molecule has 0 saturated carbocycles. The summed E-state index contributed by atoms with van der Waals surface area (Å²) in [4.78, 5) is 2.59. The summed E-state index contributed by atoms with van der Waals surface area (Å²) in [6.07, 6.45) is 0.692. The Hall–Kier alpha value is -3.10. The third-order valence-electron chi connectivity index (χ3n) is 7.33. The molecule has 2 atom stereocenters. The molecule has 0 aliphatic carbocycles. The predicted octanol–water partition coefficient (Wildman–Crippen LogP) is 6.79. The van der Waals surface area contributed by atoms with E-state index in [1.807, 2.05) is 82.3 Å². The second-order valence-electron chi connectivity index (χ2n) is 10.6. The van der Waals surface area contributed by atoms with E-state index in [2.05, 4.69) is 27.8 Å². The first-order chi connectivity index (χ1) is 18.6. The summed E-state index contributed by atoms with van der Waals surface area (Å²) in [6.45, 7) is 9.54. The smallest absolute Gasteiger partial charge is 0.407 e. The summed E-state index contributed by atoms with van der Waals surface area (Å²) in [5, 5.41) is 0. The second kappa shape index (κ2) is 12.4. The van der Waals surface area contributed by atoms with Crippen molar-refractivity contribution < 1.29 is 17.3 Å². The number of nitrogens with one attached hydrogen (secondary N) is 1. The van der Waals surface area contributed by atoms with Crippen LogP contribution >= 0.6 is 12.2 Å². The van der Waals surface area contributed by atoms with Gasteiger partial charge in [-0.15, -0.1) is 0 Å². The number of methoxy groups -OCH3 is 1. The van der Waals surface area contributed by atoms with E-state index in [1.165, 1.54) is 0 Å². The van der Waals surface area contributed by atoms with Crippen LogP contribution in [0.4, 0.5) is 5.69 Å². The van der Waals surface area contributed by atoms with Gasteiger partial charge in [0.15, 0.2) is 5.75 Å². The van der Waals surface area contributed by atoms with Gasteiger partial charge in [0, 0.05) is 30.6 Å². The SMILES string of the molecule is COc1cccc(C2CN(c3ccccc3)CCC2C(=S)NS(=O)(=O)Oc2c(C(C)C)cccc2C(C)C)c1. The van der Waals surface area contributed by atoms with Crippen molar-refractivity contribution in [3.05, 3.63) is 89.5 Å². The molecule has 0 radical (unpaired) electrons. The minimum absolute atomic E-state index is 0.0431. The van der Waals surface area contributed by atoms with Crippen molar-refractivity contribution in [2.45, 2.75) is 51.9 Å². The number of para-hydroxylation sites is 2. The van der Waals surface area contributed by atoms with Gasteiger partial charge < -0.3 is 13.8 Å². The van der Waals surface area contributed by atoms with Crippen molar-refractivity contribution in [1.82, 2.24) is 4.72 Å². The topological polar surface area (TPSA) is 67.9 Å². The molecule has 3 aromatic rings. The number of nitrogens with zero attached hydrogens (tertiary/aromatic N) is 1. The van der Waals surface area contributed by atoms with Crippen LogP contribution in [-0.4, -0.2) is 33.6 Å². The van der Waals surface area contributed by atoms with Crippen LogP contribution in [0.2, 0.25) is 0 Å². The van der Waals surface area contributed by atoms with Gasteiger partial charge in [-0.1, -0.05) is 88.4 Å². The summed E-state index contributed by atoms with van der Waals surface area (Å²) in [5.74, 6) is 1.10. The van der Waals surface area contributed by atoms with Crippen molar-refractivity contribution in [3.63, 3.8) is 0 Å². The van der Waals surface area contributed by atoms with Gasteiger partial charge in [-0.3, -0.25) is 0 Å². The fraction of sp³-hybridized carbons (Fsp3) is 0.387. The van der Waals surface area contributed by atoms with E-state index in [0.717, 1.165) is 34.7 Å². The molecular formula is C31H38N2O4S2. The maximum absolute atomic E-state index is 13.4. The number of hydrogen-bond acceptors (Lipinski definition) is 6. The normalized spacial score (nSPS) is 17.8. The molecule has 1 N–H and O–H groups in total. The molecule has 4 rings (SSSR count). The lowest BCUT2D eigenvalue weighted by Gasteiger charge is -2.40. The van der Waals surface area contributed by atoms with Gasteiger partial charge >= 0.3 is 10.3 Å². The van der Waals surface area contributed by atoms with Crippen LogP contribution in [0, 0.1) is 5.92 Å². The highest BCUT2D eigenvalue weighted by atomic mass is 32.2. The van der Waals surface area contributed by atoms with E-state index >= 15 is 0 Å². The Morgan fingerprint density at radius 3 is 2.21 bits per heavy atom. The minimum atomic E-state index is -4.21. The average Bonchev–Trinajstić information content (AvgIpc) is 2.92. The maximum Gasteiger partial charge on any atom is 0.407 e. The van der Waals surface area contributed by atoms with Crippen molar-refractivity contribution in [2.24, 2.45) is 5.92 Å². The molecule has 2 unspecified atom stereocenters. The van der Waals surface area contributed by atoms with Gasteiger partial charge in [0.2, 0.25) is 0 Å². The fourth-order valence-corrected chi connectivity index (χ4v) is 6.70. The molecular weight excluding hydrogens is 528 g/mol. The summed E-state index contributed by atoms with van der Waals surface area (Å²) in [6, 6.07) is 23.9. The van der Waals surface area contributed by atoms with Crippen LogP contribution in [0.25, 0.3) is 0 Å². The van der Waals surface area contributed by atoms with Crippen molar-refractivity contribution in [2.75, 3.05) is 25.1 Å². The third kappa shape index (κ3) is 6.92. The first kappa shape index (κ1) is 28.9. The number of ether oxygens (including phenoxy) is 1. The standard InChI is InChI=1S/C31H38N2O4S2/c1-21(2)26-15-10-16-27(22(3)4)30(26)37-39(34,35)32-31(38)28-17-18-33(24-12-7-6-8-13-24)20-29(28)23-11-9-14-25(19-23)36-5/h6-16,19,21-22,28-29H,17-18,20H2,1-5H3,(H,32,38). The van der Waals surface area contributed by atoms with Crippen LogP contribution in [0.3, 0.4) is 0 Å². The number of thiocarbonyl (C=S) groups is 1. The van der Waals surface area contributed by atoms with Gasteiger partial charge in [0.25, 0.3) is 0 Å². The van der Waals surface area contributed by atoms with Gasteiger partial charge in [0.1, 0.15) is 5.75 Å². The number of benzene rings is 3. The molecule has 1 aliphatic heterocycles. The molecule has 1 aliphatic rings. The highest BCUT2D eigenvalue weighted by molar-refractivity contribution is 7.88. The van der Waals surface area contributed by atoms with E-state index in [1.54, 1.807) is 7.11 Å². The van der Waals surface area contributed by atoms with E-state index < -0.39 is 10.3 Å². The van der Waals surface area contributed by atoms with Crippen LogP contribution in [-0.2, 0) is 10.3 Å². The Labute approximate surface area is 238 Å². The lowest BCUT2D eigenvalue weighted by Crippen LogP contribution is -2.46. The zero-order valence-electron chi connectivity index (χ0n) is 23.3. The zero-order valence-corrected chi connectivity index (χ0v) is 24.9. The minimum Gasteiger partial charge on any atom is -0.497 e. The molecule has 1 saturated heterocycles. The molecule has 8 heteroatoms. The lowest BCUT2D eigenvalue weighted by molar-refractivity contribution is 0.408. The zero-order chi connectivity index (χ0) is 28.2. The number of piperidine rings is 1. The van der Waals surface area contributed by atoms with Crippen LogP contribution in [0.1, 0.15) is 68.6 Å². The van der Waals surface area contributed by atoms with Crippen molar-refractivity contribution in [1.29, 1.82) is 0 Å². The molecule has 3 aromatic carbocycles. The predicted molar refractivity (Wildman–Crippen MR) is 162 cm³/mol. The Bertz CT molecular complexity index is 1360. The third-order valence-corrected chi connectivity index (χ3v) is 8.72. The second-order valence-corrected chi connectivity index (χ2v) is 12.4. The summed E-state index contributed by atoms with van der Waals surface area (Å²) >= 11 is 5.78. The van der Waals surface area contributed by atoms with E-state index in [4.69, 9.17) is 21.1 Å². The molecule has 208 valence electrons. The highest BCUT2D eigenvalue weighted by Crippen LogP contribution is 2.38. The first-order valence-corrected chi connectivity index (χ1v) is 15.2. The quantitative estimate of drug-likeness (QED) is 0.288. The Morgan fingerprint density at radius 1 is 0.949 bits per heavy atom. The monoisotopic (exact) mass is 566 g/mol. The molecule has 39 heavy (non-hydrogen) atoms. The Balaban J connectivity index is 1.61. The lowest BCUT2D eigenvalue weighted by atomic mass is 9.80. The summed E-state index contributed by atoms with van der Waals surface area (Å²) < 4.78 is 40.6. The maximum atomic E-state index is 13.4. The molecule has 0 amide bonds. The highest BCUT2D eigenvalue weighted by Gasteiger charge is 2.35. The molecule has 0 bridgehead atoms. The van der Waals surface area contributed by atoms with Gasteiger partial charge in [-0.05, 0) is 59.2 Å². The molecule has 1 fully saturated rings. The van der Waals surface area contributed by atoms with E-state index in [9.17, 15) is 8.42 Å².